The minimum atomic E-state index is -0.453. The standard InChI is InChI=1S/C35H51N5O6/c1-24-11-26(15-36-32(20-41)21-42)34(45)28(13-24)17-39-8-4-9-40(19-31-6-3-5-30(38-31)7-10-39)18-29-14-25(2)12-27(35(29)46)16-37-33(22-43)23-44/h3,5-6,11-14,32-33,36-37,41-46H,4,7-10,15-23H2,1-2H3. The molecule has 0 fully saturated rings. The van der Waals surface area contributed by atoms with Crippen LogP contribution in [0.4, 0.5) is 0 Å². The first kappa shape index (κ1) is 35.7. The van der Waals surface area contributed by atoms with E-state index in [9.17, 15) is 30.6 Å². The lowest BCUT2D eigenvalue weighted by atomic mass is 10.0. The van der Waals surface area contributed by atoms with Gasteiger partial charge in [-0.2, -0.15) is 0 Å². The van der Waals surface area contributed by atoms with E-state index in [0.29, 0.717) is 32.7 Å². The average molecular weight is 638 g/mol. The minimum Gasteiger partial charge on any atom is -0.507 e. The van der Waals surface area contributed by atoms with E-state index in [4.69, 9.17) is 4.98 Å². The molecule has 252 valence electrons. The predicted octanol–water partition coefficient (Wildman–Crippen LogP) is 1.45. The van der Waals surface area contributed by atoms with Gasteiger partial charge in [-0.05, 0) is 38.9 Å². The van der Waals surface area contributed by atoms with Crippen LogP contribution in [-0.4, -0.2) is 104 Å². The molecule has 0 spiro atoms. The zero-order valence-electron chi connectivity index (χ0n) is 27.1. The summed E-state index contributed by atoms with van der Waals surface area (Å²) in [6.45, 7) is 8.03. The number of hydrogen-bond donors (Lipinski definition) is 8. The number of nitrogens with zero attached hydrogens (tertiary/aromatic N) is 3. The third kappa shape index (κ3) is 10.2. The molecule has 2 aromatic carbocycles. The Hall–Kier alpha value is -3.13. The van der Waals surface area contributed by atoms with Crippen LogP contribution in [0.15, 0.2) is 42.5 Å². The summed E-state index contributed by atoms with van der Waals surface area (Å²) >= 11 is 0. The first-order chi connectivity index (χ1) is 22.2. The van der Waals surface area contributed by atoms with E-state index in [1.165, 1.54) is 0 Å². The summed E-state index contributed by atoms with van der Waals surface area (Å²) in [5.41, 5.74) is 7.15. The third-order valence-electron chi connectivity index (χ3n) is 8.54. The maximum atomic E-state index is 11.2. The van der Waals surface area contributed by atoms with Gasteiger partial charge in [0.1, 0.15) is 11.5 Å². The van der Waals surface area contributed by atoms with Crippen molar-refractivity contribution in [3.63, 3.8) is 0 Å². The smallest absolute Gasteiger partial charge is 0.124 e. The molecule has 0 saturated heterocycles. The number of nitrogens with one attached hydrogen (secondary N) is 2. The van der Waals surface area contributed by atoms with Gasteiger partial charge in [0, 0.05) is 80.2 Å². The Balaban J connectivity index is 1.51. The van der Waals surface area contributed by atoms with Gasteiger partial charge in [0.2, 0.25) is 0 Å². The Morgan fingerprint density at radius 1 is 0.674 bits per heavy atom. The van der Waals surface area contributed by atoms with Gasteiger partial charge in [0.25, 0.3) is 0 Å². The van der Waals surface area contributed by atoms with Crippen LogP contribution in [0.25, 0.3) is 0 Å². The third-order valence-corrected chi connectivity index (χ3v) is 8.54. The quantitative estimate of drug-likeness (QED) is 0.129. The second kappa shape index (κ2) is 17.7. The first-order valence-electron chi connectivity index (χ1n) is 16.1. The number of benzene rings is 2. The number of aromatic nitrogens is 1. The van der Waals surface area contributed by atoms with Crippen LogP contribution >= 0.6 is 0 Å². The van der Waals surface area contributed by atoms with Crippen molar-refractivity contribution >= 4 is 0 Å². The van der Waals surface area contributed by atoms with E-state index >= 15 is 0 Å². The number of fused-ring (bicyclic) bond motifs is 2. The van der Waals surface area contributed by atoms with Crippen molar-refractivity contribution in [1.29, 1.82) is 0 Å². The molecule has 1 aliphatic heterocycles. The lowest BCUT2D eigenvalue weighted by Crippen LogP contribution is -2.35. The summed E-state index contributed by atoms with van der Waals surface area (Å²) in [7, 11) is 0. The van der Waals surface area contributed by atoms with Crippen molar-refractivity contribution in [2.75, 3.05) is 46.1 Å². The number of pyridine rings is 1. The highest BCUT2D eigenvalue weighted by Gasteiger charge is 2.19. The molecule has 1 aromatic heterocycles. The molecule has 4 rings (SSSR count). The number of aliphatic hydroxyl groups excluding tert-OH is 4. The van der Waals surface area contributed by atoms with Crippen molar-refractivity contribution in [1.82, 2.24) is 25.4 Å². The lowest BCUT2D eigenvalue weighted by molar-refractivity contribution is 0.169. The van der Waals surface area contributed by atoms with Crippen LogP contribution in [0, 0.1) is 13.8 Å². The number of aromatic hydroxyl groups is 2. The molecule has 3 aromatic rings. The summed E-state index contributed by atoms with van der Waals surface area (Å²) in [5, 5.41) is 66.3. The Morgan fingerprint density at radius 3 is 1.70 bits per heavy atom. The molecule has 11 nitrogen and oxygen atoms in total. The van der Waals surface area contributed by atoms with Gasteiger partial charge in [-0.1, -0.05) is 41.5 Å². The summed E-state index contributed by atoms with van der Waals surface area (Å²) in [6.07, 6.45) is 1.66. The molecule has 2 bridgehead atoms. The van der Waals surface area contributed by atoms with Gasteiger partial charge >= 0.3 is 0 Å². The largest absolute Gasteiger partial charge is 0.507 e. The van der Waals surface area contributed by atoms with Crippen LogP contribution < -0.4 is 10.6 Å². The van der Waals surface area contributed by atoms with Gasteiger partial charge in [0.05, 0.1) is 44.2 Å². The fraction of sp³-hybridized carbons (Fsp3) is 0.514. The van der Waals surface area contributed by atoms with E-state index in [1.807, 2.05) is 56.3 Å². The van der Waals surface area contributed by atoms with E-state index in [1.54, 1.807) is 0 Å². The van der Waals surface area contributed by atoms with Crippen LogP contribution in [0.5, 0.6) is 11.5 Å². The number of aryl methyl sites for hydroxylation is 2. The molecule has 11 heteroatoms. The lowest BCUT2D eigenvalue weighted by Gasteiger charge is -2.26. The van der Waals surface area contributed by atoms with Crippen LogP contribution in [-0.2, 0) is 39.1 Å². The molecular formula is C35H51N5O6. The van der Waals surface area contributed by atoms with E-state index in [2.05, 4.69) is 20.4 Å². The van der Waals surface area contributed by atoms with Crippen molar-refractivity contribution < 1.29 is 30.6 Å². The SMILES string of the molecule is Cc1cc(CNC(CO)CO)c(O)c(CN2CCCN(Cc3cc(C)cc(CNC(CO)CO)c3O)Cc3cccc(n3)CC2)c1. The summed E-state index contributed by atoms with van der Waals surface area (Å²) in [4.78, 5) is 9.60. The van der Waals surface area contributed by atoms with E-state index in [-0.39, 0.29) is 37.9 Å². The summed E-state index contributed by atoms with van der Waals surface area (Å²) in [6, 6.07) is 13.1. The van der Waals surface area contributed by atoms with Crippen molar-refractivity contribution in [3.8, 4) is 11.5 Å². The molecule has 0 aliphatic carbocycles. The molecule has 2 heterocycles. The van der Waals surface area contributed by atoms with Crippen molar-refractivity contribution in [3.05, 3.63) is 87.2 Å². The molecule has 1 aliphatic rings. The molecule has 0 atom stereocenters. The maximum absolute atomic E-state index is 11.2. The highest BCUT2D eigenvalue weighted by atomic mass is 16.3. The average Bonchev–Trinajstić information content (AvgIpc) is 3.06. The molecule has 0 unspecified atom stereocenters. The Bertz CT molecular complexity index is 1400. The molecular weight excluding hydrogens is 586 g/mol. The number of phenols is 2. The fourth-order valence-corrected chi connectivity index (χ4v) is 6.00. The van der Waals surface area contributed by atoms with Gasteiger partial charge in [-0.25, -0.2) is 0 Å². The van der Waals surface area contributed by atoms with Crippen LogP contribution in [0.2, 0.25) is 0 Å². The highest BCUT2D eigenvalue weighted by Crippen LogP contribution is 2.28. The first-order valence-corrected chi connectivity index (χ1v) is 16.1. The minimum absolute atomic E-state index is 0.187. The zero-order valence-corrected chi connectivity index (χ0v) is 27.1. The number of phenolic OH excluding ortho intramolecular Hbond substituents is 2. The molecule has 8 N–H and O–H groups in total. The maximum Gasteiger partial charge on any atom is 0.124 e. The normalized spacial score (nSPS) is 15.0. The predicted molar refractivity (Wildman–Crippen MR) is 177 cm³/mol. The molecule has 0 radical (unpaired) electrons. The van der Waals surface area contributed by atoms with Crippen LogP contribution in [0.3, 0.4) is 0 Å². The highest BCUT2D eigenvalue weighted by molar-refractivity contribution is 5.44. The van der Waals surface area contributed by atoms with E-state index in [0.717, 1.165) is 77.2 Å². The second-order valence-corrected chi connectivity index (χ2v) is 12.5. The topological polar surface area (TPSA) is 165 Å². The fourth-order valence-electron chi connectivity index (χ4n) is 6.00. The zero-order chi connectivity index (χ0) is 33.1. The van der Waals surface area contributed by atoms with Gasteiger partial charge in [-0.3, -0.25) is 14.8 Å². The Kier molecular flexibility index (Phi) is 13.7. The van der Waals surface area contributed by atoms with E-state index < -0.39 is 12.1 Å². The van der Waals surface area contributed by atoms with Gasteiger partial charge < -0.3 is 41.3 Å². The number of hydrogen-bond acceptors (Lipinski definition) is 11. The Morgan fingerprint density at radius 2 is 1.15 bits per heavy atom. The number of rotatable bonds is 14. The molecule has 46 heavy (non-hydrogen) atoms. The molecule has 0 saturated carbocycles. The van der Waals surface area contributed by atoms with Crippen LogP contribution in [0.1, 0.15) is 51.2 Å². The number of aliphatic hydroxyl groups is 4. The molecule has 0 amide bonds. The monoisotopic (exact) mass is 637 g/mol. The van der Waals surface area contributed by atoms with Gasteiger partial charge in [0.15, 0.2) is 0 Å². The second-order valence-electron chi connectivity index (χ2n) is 12.5. The Labute approximate surface area is 272 Å². The van der Waals surface area contributed by atoms with Gasteiger partial charge in [-0.15, -0.1) is 0 Å². The van der Waals surface area contributed by atoms with Crippen molar-refractivity contribution in [2.24, 2.45) is 0 Å². The summed E-state index contributed by atoms with van der Waals surface area (Å²) < 4.78 is 0. The van der Waals surface area contributed by atoms with Crippen molar-refractivity contribution in [2.45, 2.75) is 71.5 Å². The summed E-state index contributed by atoms with van der Waals surface area (Å²) in [5.74, 6) is 0.447.